The Morgan fingerprint density at radius 3 is 2.55 bits per heavy atom. The van der Waals surface area contributed by atoms with Crippen molar-refractivity contribution in [2.75, 3.05) is 13.2 Å². The third kappa shape index (κ3) is 4.15. The van der Waals surface area contributed by atoms with Crippen LogP contribution in [0.3, 0.4) is 0 Å². The highest BCUT2D eigenvalue weighted by Gasteiger charge is 2.21. The Balaban J connectivity index is 1.97. The van der Waals surface area contributed by atoms with Crippen LogP contribution in [-0.2, 0) is 4.74 Å². The van der Waals surface area contributed by atoms with Crippen LogP contribution < -0.4 is 10.1 Å². The summed E-state index contributed by atoms with van der Waals surface area (Å²) in [4.78, 5) is 0. The van der Waals surface area contributed by atoms with Crippen LogP contribution in [0.25, 0.3) is 0 Å². The molecule has 20 heavy (non-hydrogen) atoms. The fraction of sp³-hybridized carbons (Fsp3) is 0.600. The first-order valence-electron chi connectivity index (χ1n) is 6.96. The predicted octanol–water partition coefficient (Wildman–Crippen LogP) is 3.36. The molecule has 0 saturated carbocycles. The first-order valence-corrected chi connectivity index (χ1v) is 6.96. The van der Waals surface area contributed by atoms with Crippen molar-refractivity contribution in [3.8, 4) is 5.75 Å². The highest BCUT2D eigenvalue weighted by atomic mass is 19.3. The molecule has 0 radical (unpaired) electrons. The Labute approximate surface area is 118 Å². The maximum absolute atomic E-state index is 12.1. The molecule has 0 aliphatic carbocycles. The van der Waals surface area contributed by atoms with E-state index < -0.39 is 6.61 Å². The minimum Gasteiger partial charge on any atom is -0.435 e. The van der Waals surface area contributed by atoms with Gasteiger partial charge in [0, 0.05) is 19.2 Å². The molecule has 2 unspecified atom stereocenters. The van der Waals surface area contributed by atoms with Gasteiger partial charge >= 0.3 is 6.61 Å². The second kappa shape index (κ2) is 6.99. The zero-order chi connectivity index (χ0) is 14.5. The summed E-state index contributed by atoms with van der Waals surface area (Å²) in [5.41, 5.74) is 0.975. The zero-order valence-corrected chi connectivity index (χ0v) is 11.8. The fourth-order valence-corrected chi connectivity index (χ4v) is 2.40. The van der Waals surface area contributed by atoms with E-state index in [1.54, 1.807) is 24.3 Å². The Bertz CT molecular complexity index is 409. The fourth-order valence-electron chi connectivity index (χ4n) is 2.40. The molecule has 2 atom stereocenters. The smallest absolute Gasteiger partial charge is 0.387 e. The van der Waals surface area contributed by atoms with Gasteiger partial charge in [-0.25, -0.2) is 0 Å². The van der Waals surface area contributed by atoms with Crippen molar-refractivity contribution >= 4 is 0 Å². The topological polar surface area (TPSA) is 30.5 Å². The number of nitrogens with one attached hydrogen (secondary N) is 1. The molecule has 5 heteroatoms. The summed E-state index contributed by atoms with van der Waals surface area (Å²) in [5.74, 6) is 0.740. The Morgan fingerprint density at radius 1 is 1.25 bits per heavy atom. The molecular weight excluding hydrogens is 264 g/mol. The standard InChI is InChI=1S/C15H21F2NO2/c1-10(2)13-7-8-19-14(9-18-13)11-3-5-12(6-4-11)20-15(16)17/h3-6,10,13-15,18H,7-9H2,1-2H3. The number of ether oxygens (including phenoxy) is 2. The van der Waals surface area contributed by atoms with Crippen LogP contribution in [0, 0.1) is 5.92 Å². The molecule has 0 amide bonds. The summed E-state index contributed by atoms with van der Waals surface area (Å²) in [6.07, 6.45) is 0.945. The van der Waals surface area contributed by atoms with Crippen molar-refractivity contribution in [2.45, 2.75) is 39.0 Å². The van der Waals surface area contributed by atoms with E-state index in [1.165, 1.54) is 0 Å². The normalized spacial score (nSPS) is 23.9. The van der Waals surface area contributed by atoms with Gasteiger partial charge in [-0.05, 0) is 30.0 Å². The summed E-state index contributed by atoms with van der Waals surface area (Å²) in [5, 5.41) is 3.50. The van der Waals surface area contributed by atoms with E-state index in [0.717, 1.165) is 18.5 Å². The van der Waals surface area contributed by atoms with E-state index in [-0.39, 0.29) is 11.9 Å². The van der Waals surface area contributed by atoms with Gasteiger partial charge < -0.3 is 14.8 Å². The SMILES string of the molecule is CC(C)C1CCOC(c2ccc(OC(F)F)cc2)CN1. The summed E-state index contributed by atoms with van der Waals surface area (Å²) < 4.78 is 34.4. The summed E-state index contributed by atoms with van der Waals surface area (Å²) in [7, 11) is 0. The van der Waals surface area contributed by atoms with E-state index in [1.807, 2.05) is 0 Å². The Morgan fingerprint density at radius 2 is 1.95 bits per heavy atom. The van der Waals surface area contributed by atoms with Crippen LogP contribution in [0.4, 0.5) is 8.78 Å². The molecule has 3 nitrogen and oxygen atoms in total. The molecule has 1 saturated heterocycles. The Hall–Kier alpha value is -1.20. The van der Waals surface area contributed by atoms with Crippen LogP contribution >= 0.6 is 0 Å². The average molecular weight is 285 g/mol. The van der Waals surface area contributed by atoms with Crippen molar-refractivity contribution < 1.29 is 18.3 Å². The number of hydrogen-bond donors (Lipinski definition) is 1. The predicted molar refractivity (Wildman–Crippen MR) is 73.0 cm³/mol. The molecule has 1 aliphatic heterocycles. The van der Waals surface area contributed by atoms with Crippen molar-refractivity contribution in [1.29, 1.82) is 0 Å². The van der Waals surface area contributed by atoms with Gasteiger partial charge in [0.05, 0.1) is 6.10 Å². The van der Waals surface area contributed by atoms with E-state index in [9.17, 15) is 8.78 Å². The van der Waals surface area contributed by atoms with Gasteiger partial charge in [0.15, 0.2) is 0 Å². The molecule has 1 heterocycles. The molecule has 1 aliphatic rings. The second-order valence-corrected chi connectivity index (χ2v) is 5.35. The van der Waals surface area contributed by atoms with Crippen LogP contribution in [0.15, 0.2) is 24.3 Å². The Kier molecular flexibility index (Phi) is 5.31. The number of benzene rings is 1. The van der Waals surface area contributed by atoms with E-state index in [0.29, 0.717) is 18.6 Å². The molecule has 0 aromatic heterocycles. The maximum atomic E-state index is 12.1. The van der Waals surface area contributed by atoms with Gasteiger partial charge in [0.2, 0.25) is 0 Å². The van der Waals surface area contributed by atoms with E-state index >= 15 is 0 Å². The molecular formula is C15H21F2NO2. The third-order valence-electron chi connectivity index (χ3n) is 3.60. The summed E-state index contributed by atoms with van der Waals surface area (Å²) in [6.45, 7) is 3.03. The van der Waals surface area contributed by atoms with Crippen LogP contribution in [0.1, 0.15) is 31.9 Å². The highest BCUT2D eigenvalue weighted by molar-refractivity contribution is 5.29. The first-order chi connectivity index (χ1) is 9.56. The van der Waals surface area contributed by atoms with Gasteiger partial charge in [-0.15, -0.1) is 0 Å². The molecule has 112 valence electrons. The molecule has 2 rings (SSSR count). The summed E-state index contributed by atoms with van der Waals surface area (Å²) >= 11 is 0. The molecule has 1 aromatic rings. The molecule has 1 aromatic carbocycles. The monoisotopic (exact) mass is 285 g/mol. The lowest BCUT2D eigenvalue weighted by molar-refractivity contribution is -0.0498. The second-order valence-electron chi connectivity index (χ2n) is 5.35. The third-order valence-corrected chi connectivity index (χ3v) is 3.60. The van der Waals surface area contributed by atoms with Crippen LogP contribution in [-0.4, -0.2) is 25.8 Å². The average Bonchev–Trinajstić information content (AvgIpc) is 2.64. The minimum atomic E-state index is -2.79. The van der Waals surface area contributed by atoms with Gasteiger partial charge in [-0.1, -0.05) is 26.0 Å². The highest BCUT2D eigenvalue weighted by Crippen LogP contribution is 2.24. The number of alkyl halides is 2. The minimum absolute atomic E-state index is 0.0423. The molecule has 1 fully saturated rings. The van der Waals surface area contributed by atoms with Crippen molar-refractivity contribution in [3.63, 3.8) is 0 Å². The lowest BCUT2D eigenvalue weighted by atomic mass is 10.0. The van der Waals surface area contributed by atoms with Gasteiger partial charge in [-0.2, -0.15) is 8.78 Å². The lowest BCUT2D eigenvalue weighted by Gasteiger charge is -2.20. The van der Waals surface area contributed by atoms with Crippen molar-refractivity contribution in [1.82, 2.24) is 5.32 Å². The van der Waals surface area contributed by atoms with E-state index in [4.69, 9.17) is 4.74 Å². The quantitative estimate of drug-likeness (QED) is 0.920. The molecule has 0 spiro atoms. The van der Waals surface area contributed by atoms with Gasteiger partial charge in [0.25, 0.3) is 0 Å². The maximum Gasteiger partial charge on any atom is 0.387 e. The summed E-state index contributed by atoms with van der Waals surface area (Å²) in [6, 6.07) is 7.12. The number of rotatable bonds is 4. The van der Waals surface area contributed by atoms with Gasteiger partial charge in [0.1, 0.15) is 5.75 Å². The number of hydrogen-bond acceptors (Lipinski definition) is 3. The molecule has 0 bridgehead atoms. The van der Waals surface area contributed by atoms with Crippen LogP contribution in [0.2, 0.25) is 0 Å². The largest absolute Gasteiger partial charge is 0.435 e. The lowest BCUT2D eigenvalue weighted by Crippen LogP contribution is -2.34. The molecule has 1 N–H and O–H groups in total. The van der Waals surface area contributed by atoms with Crippen LogP contribution in [0.5, 0.6) is 5.75 Å². The van der Waals surface area contributed by atoms with Crippen molar-refractivity contribution in [3.05, 3.63) is 29.8 Å². The zero-order valence-electron chi connectivity index (χ0n) is 11.8. The van der Waals surface area contributed by atoms with Crippen molar-refractivity contribution in [2.24, 2.45) is 5.92 Å². The number of halogens is 2. The first kappa shape index (κ1) is 15.2. The van der Waals surface area contributed by atoms with Gasteiger partial charge in [-0.3, -0.25) is 0 Å². The van der Waals surface area contributed by atoms with E-state index in [2.05, 4.69) is 23.9 Å².